The Bertz CT molecular complexity index is 1260. The van der Waals surface area contributed by atoms with Gasteiger partial charge in [-0.15, -0.1) is 0 Å². The lowest BCUT2D eigenvalue weighted by atomic mass is 9.31. The topological polar surface area (TPSA) is 87.0 Å². The normalized spacial score (nSPS) is 44.8. The maximum absolute atomic E-state index is 14.5. The molecule has 0 bridgehead atoms. The molecule has 1 amide bonds. The van der Waals surface area contributed by atoms with E-state index in [0.29, 0.717) is 25.7 Å². The van der Waals surface area contributed by atoms with Crippen LogP contribution in [0.25, 0.3) is 0 Å². The summed E-state index contributed by atoms with van der Waals surface area (Å²) in [4.78, 5) is 39.6. The number of amides is 1. The average Bonchev–Trinajstić information content (AvgIpc) is 2.86. The maximum atomic E-state index is 14.5. The van der Waals surface area contributed by atoms with E-state index in [1.165, 1.54) is 0 Å². The highest BCUT2D eigenvalue weighted by Gasteiger charge is 2.72. The fourth-order valence-corrected chi connectivity index (χ4v) is 11.1. The second kappa shape index (κ2) is 8.92. The summed E-state index contributed by atoms with van der Waals surface area (Å²) >= 11 is 0. The largest absolute Gasteiger partial charge is 0.471 e. The van der Waals surface area contributed by atoms with Crippen LogP contribution in [0.2, 0.25) is 0 Å². The van der Waals surface area contributed by atoms with Gasteiger partial charge in [0.1, 0.15) is 11.9 Å². The zero-order valence-electron chi connectivity index (χ0n) is 25.6. The summed E-state index contributed by atoms with van der Waals surface area (Å²) in [5.41, 5.74) is -2.26. The molecule has 0 saturated heterocycles. The van der Waals surface area contributed by atoms with Crippen LogP contribution in [0.3, 0.4) is 0 Å². The summed E-state index contributed by atoms with van der Waals surface area (Å²) in [6.45, 7) is 14.9. The van der Waals surface area contributed by atoms with Crippen molar-refractivity contribution < 1.29 is 27.6 Å². The predicted octanol–water partition coefficient (Wildman–Crippen LogP) is 6.96. The van der Waals surface area contributed by atoms with E-state index in [9.17, 15) is 32.8 Å². The Kier molecular flexibility index (Phi) is 6.59. The van der Waals surface area contributed by atoms with E-state index in [4.69, 9.17) is 0 Å². The third-order valence-corrected chi connectivity index (χ3v) is 13.5. The highest BCUT2D eigenvalue weighted by atomic mass is 19.4. The number of ketones is 2. The summed E-state index contributed by atoms with van der Waals surface area (Å²) in [7, 11) is 0. The van der Waals surface area contributed by atoms with Crippen LogP contribution >= 0.6 is 0 Å². The number of fused-ring (bicyclic) bond motifs is 7. The van der Waals surface area contributed by atoms with Crippen LogP contribution < -0.4 is 5.32 Å². The first-order valence-corrected chi connectivity index (χ1v) is 15.2. The third kappa shape index (κ3) is 4.10. The minimum Gasteiger partial charge on any atom is -0.348 e. The third-order valence-electron chi connectivity index (χ3n) is 13.5. The molecule has 0 aromatic carbocycles. The Morgan fingerprint density at radius 1 is 0.976 bits per heavy atom. The summed E-state index contributed by atoms with van der Waals surface area (Å²) < 4.78 is 39.5. The minimum absolute atomic E-state index is 0.0134. The first-order chi connectivity index (χ1) is 18.7. The van der Waals surface area contributed by atoms with Crippen molar-refractivity contribution in [1.82, 2.24) is 5.32 Å². The average molecular weight is 575 g/mol. The molecule has 0 heterocycles. The van der Waals surface area contributed by atoms with Crippen LogP contribution in [0.1, 0.15) is 99.8 Å². The lowest BCUT2D eigenvalue weighted by Gasteiger charge is -2.72. The summed E-state index contributed by atoms with van der Waals surface area (Å²) in [6, 6.07) is 2.15. The molecule has 0 radical (unpaired) electrons. The van der Waals surface area contributed by atoms with E-state index in [-0.39, 0.29) is 63.6 Å². The molecule has 0 aromatic heterocycles. The van der Waals surface area contributed by atoms with Crippen molar-refractivity contribution in [2.75, 3.05) is 6.54 Å². The number of hydrogen-bond acceptors (Lipinski definition) is 4. The fraction of sp³-hybridized carbons (Fsp3) is 0.818. The molecule has 5 aliphatic carbocycles. The predicted molar refractivity (Wildman–Crippen MR) is 148 cm³/mol. The summed E-state index contributed by atoms with van der Waals surface area (Å²) in [5.74, 6) is -2.34. The maximum Gasteiger partial charge on any atom is 0.471 e. The highest BCUT2D eigenvalue weighted by Crippen LogP contribution is 2.75. The Hall–Kier alpha value is -2.17. The molecular weight excluding hydrogens is 529 g/mol. The molecule has 0 aromatic rings. The molecule has 1 N–H and O–H groups in total. The van der Waals surface area contributed by atoms with Crippen LogP contribution in [0.5, 0.6) is 0 Å². The van der Waals surface area contributed by atoms with Gasteiger partial charge in [0.15, 0.2) is 5.78 Å². The van der Waals surface area contributed by atoms with Crippen LogP contribution in [0.4, 0.5) is 13.2 Å². The second-order valence-corrected chi connectivity index (χ2v) is 16.2. The molecule has 0 spiro atoms. The second-order valence-electron chi connectivity index (χ2n) is 16.2. The molecule has 5 nitrogen and oxygen atoms in total. The zero-order valence-corrected chi connectivity index (χ0v) is 25.6. The van der Waals surface area contributed by atoms with Crippen molar-refractivity contribution in [2.45, 2.75) is 106 Å². The van der Waals surface area contributed by atoms with Gasteiger partial charge in [-0.25, -0.2) is 0 Å². The van der Waals surface area contributed by atoms with Crippen molar-refractivity contribution in [3.63, 3.8) is 0 Å². The van der Waals surface area contributed by atoms with Gasteiger partial charge in [0.2, 0.25) is 0 Å². The van der Waals surface area contributed by atoms with Crippen molar-refractivity contribution in [3.05, 3.63) is 11.6 Å². The lowest BCUT2D eigenvalue weighted by Crippen LogP contribution is -2.69. The lowest BCUT2D eigenvalue weighted by molar-refractivity contribution is -0.222. The van der Waals surface area contributed by atoms with Gasteiger partial charge in [-0.05, 0) is 89.8 Å². The SMILES string of the molecule is CC1(C)CC[C@]2(CNC(=O)C(F)(F)F)CC[C@]3(C)C(C(=O)C[C@@H]4[C@@]5(C)C=C(C#N)C(=O)C(C)(C)C5CC[C@]43C)C2C1. The van der Waals surface area contributed by atoms with Gasteiger partial charge in [-0.3, -0.25) is 14.4 Å². The molecule has 4 fully saturated rings. The van der Waals surface area contributed by atoms with Crippen LogP contribution in [0.15, 0.2) is 11.6 Å². The van der Waals surface area contributed by atoms with Crippen LogP contribution in [0, 0.1) is 67.5 Å². The number of allylic oxidation sites excluding steroid dienone is 2. The van der Waals surface area contributed by atoms with E-state index in [1.807, 2.05) is 19.9 Å². The Morgan fingerprint density at radius 2 is 1.61 bits per heavy atom. The molecule has 3 unspecified atom stereocenters. The van der Waals surface area contributed by atoms with Gasteiger partial charge < -0.3 is 5.32 Å². The number of nitriles is 1. The Morgan fingerprint density at radius 3 is 2.22 bits per heavy atom. The van der Waals surface area contributed by atoms with Crippen LogP contribution in [-0.2, 0) is 14.4 Å². The number of carbonyl (C=O) groups is 3. The standard InChI is InChI=1S/C33H45F3N2O3/c1-27(2)10-12-32(18-38-26(41)33(34,35)36)13-11-31(7)24(20(32)16-27)21(39)14-23-29(5)15-19(17-37)25(40)28(3,4)22(29)8-9-30(23,31)6/h15,20,22-24H,8-14,16,18H2,1-7H3,(H,38,41)/t20?,22?,23-,24?,29+,30-,31-,32-/m1/s1. The van der Waals surface area contributed by atoms with Crippen molar-refractivity contribution in [3.8, 4) is 6.07 Å². The minimum atomic E-state index is -4.94. The van der Waals surface area contributed by atoms with Crippen molar-refractivity contribution in [2.24, 2.45) is 56.2 Å². The monoisotopic (exact) mass is 574 g/mol. The molecule has 8 heteroatoms. The van der Waals surface area contributed by atoms with Crippen molar-refractivity contribution >= 4 is 17.5 Å². The number of Topliss-reactive ketones (excluding diaryl/α,β-unsaturated/α-hetero) is 2. The number of hydrogen-bond donors (Lipinski definition) is 1. The van der Waals surface area contributed by atoms with Gasteiger partial charge in [-0.2, -0.15) is 18.4 Å². The van der Waals surface area contributed by atoms with Gasteiger partial charge in [0.05, 0.1) is 5.57 Å². The number of carbonyl (C=O) groups excluding carboxylic acids is 3. The quantitative estimate of drug-likeness (QED) is 0.386. The number of nitrogens with zero attached hydrogens (tertiary/aromatic N) is 1. The molecule has 41 heavy (non-hydrogen) atoms. The molecule has 226 valence electrons. The smallest absolute Gasteiger partial charge is 0.348 e. The van der Waals surface area contributed by atoms with Gasteiger partial charge >= 0.3 is 12.1 Å². The number of rotatable bonds is 2. The molecule has 5 aliphatic rings. The number of halogens is 3. The van der Waals surface area contributed by atoms with E-state index in [2.05, 4.69) is 46.0 Å². The van der Waals surface area contributed by atoms with Gasteiger partial charge in [-0.1, -0.05) is 54.5 Å². The van der Waals surface area contributed by atoms with Gasteiger partial charge in [0.25, 0.3) is 0 Å². The van der Waals surface area contributed by atoms with Gasteiger partial charge in [0, 0.05) is 24.3 Å². The first-order valence-electron chi connectivity index (χ1n) is 15.2. The number of alkyl halides is 3. The molecule has 5 rings (SSSR count). The summed E-state index contributed by atoms with van der Waals surface area (Å²) in [6.07, 6.45) is 2.59. The molecule has 4 saturated carbocycles. The van der Waals surface area contributed by atoms with E-state index in [0.717, 1.165) is 25.7 Å². The Balaban J connectivity index is 1.57. The molecule has 0 aliphatic heterocycles. The fourth-order valence-electron chi connectivity index (χ4n) is 11.1. The molecular formula is C33H45F3N2O3. The first kappa shape index (κ1) is 30.3. The van der Waals surface area contributed by atoms with E-state index >= 15 is 0 Å². The number of nitrogens with one attached hydrogen (secondary N) is 1. The molecule has 8 atom stereocenters. The van der Waals surface area contributed by atoms with E-state index < -0.39 is 28.3 Å². The van der Waals surface area contributed by atoms with Crippen LogP contribution in [-0.4, -0.2) is 30.2 Å². The Labute approximate surface area is 242 Å². The highest BCUT2D eigenvalue weighted by molar-refractivity contribution is 6.04. The zero-order chi connectivity index (χ0) is 30.6. The summed E-state index contributed by atoms with van der Waals surface area (Å²) in [5, 5.41) is 12.1. The van der Waals surface area contributed by atoms with Crippen molar-refractivity contribution in [1.29, 1.82) is 5.26 Å². The van der Waals surface area contributed by atoms with E-state index in [1.54, 1.807) is 0 Å².